The van der Waals surface area contributed by atoms with Crippen molar-refractivity contribution in [3.63, 3.8) is 0 Å². The van der Waals surface area contributed by atoms with Gasteiger partial charge in [-0.25, -0.2) is 4.58 Å². The standard InChI is InChI=1S/C18H23N3O2/c1-20-8-6-16(11-20)18(23)19-10-17(22)13-21-9-7-14-4-2-3-5-15(14)12-21/h2-6,8,17,22H,7,9-13H2,1H3/p+1. The molecule has 0 saturated carbocycles. The number of allylic oxidation sites excluding steroid dienone is 1. The van der Waals surface area contributed by atoms with E-state index in [0.29, 0.717) is 13.1 Å². The Hall–Kier alpha value is -1.98. The van der Waals surface area contributed by atoms with Crippen LogP contribution in [0, 0.1) is 0 Å². The number of β-amino-alcohol motifs (C(OH)–C–C–N with tert-alkyl or cyclic N) is 1. The second-order valence-electron chi connectivity index (χ2n) is 6.37. The number of rotatable bonds is 5. The van der Waals surface area contributed by atoms with Crippen LogP contribution >= 0.6 is 0 Å². The monoisotopic (exact) mass is 314 g/mol. The highest BCUT2D eigenvalue weighted by molar-refractivity contribution is 5.98. The third-order valence-corrected chi connectivity index (χ3v) is 4.42. The van der Waals surface area contributed by atoms with Gasteiger partial charge in [0.1, 0.15) is 7.05 Å². The molecule has 0 radical (unpaired) electrons. The van der Waals surface area contributed by atoms with E-state index in [2.05, 4.69) is 34.5 Å². The molecule has 23 heavy (non-hydrogen) atoms. The third-order valence-electron chi connectivity index (χ3n) is 4.42. The van der Waals surface area contributed by atoms with Crippen molar-refractivity contribution in [3.8, 4) is 0 Å². The minimum atomic E-state index is -0.548. The lowest BCUT2D eigenvalue weighted by atomic mass is 10.00. The number of carbonyl (C=O) groups is 1. The molecular weight excluding hydrogens is 290 g/mol. The lowest BCUT2D eigenvalue weighted by Crippen LogP contribution is -2.42. The maximum absolute atomic E-state index is 12.0. The van der Waals surface area contributed by atoms with Gasteiger partial charge in [0, 0.05) is 32.3 Å². The molecule has 0 saturated heterocycles. The van der Waals surface area contributed by atoms with Gasteiger partial charge in [-0.1, -0.05) is 24.3 Å². The van der Waals surface area contributed by atoms with Crippen LogP contribution in [0.5, 0.6) is 0 Å². The summed E-state index contributed by atoms with van der Waals surface area (Å²) in [5, 5.41) is 13.0. The number of hydrogen-bond acceptors (Lipinski definition) is 3. The average molecular weight is 314 g/mol. The normalized spacial score (nSPS) is 18.9. The van der Waals surface area contributed by atoms with Crippen LogP contribution in [0.3, 0.4) is 0 Å². The quantitative estimate of drug-likeness (QED) is 0.762. The molecule has 3 rings (SSSR count). The first-order chi connectivity index (χ1) is 11.1. The predicted molar refractivity (Wildman–Crippen MR) is 89.6 cm³/mol. The molecular formula is C18H24N3O2+. The summed E-state index contributed by atoms with van der Waals surface area (Å²) in [5.41, 5.74) is 3.48. The number of aliphatic hydroxyl groups is 1. The Morgan fingerprint density at radius 1 is 1.39 bits per heavy atom. The fourth-order valence-corrected chi connectivity index (χ4v) is 3.14. The van der Waals surface area contributed by atoms with Gasteiger partial charge in [0.05, 0.1) is 11.7 Å². The predicted octanol–water partition coefficient (Wildman–Crippen LogP) is 0.175. The van der Waals surface area contributed by atoms with E-state index < -0.39 is 6.10 Å². The van der Waals surface area contributed by atoms with Crippen LogP contribution < -0.4 is 5.32 Å². The van der Waals surface area contributed by atoms with Crippen LogP contribution in [0.1, 0.15) is 11.1 Å². The Morgan fingerprint density at radius 2 is 2.17 bits per heavy atom. The number of amides is 1. The van der Waals surface area contributed by atoms with E-state index in [1.807, 2.05) is 23.9 Å². The molecule has 122 valence electrons. The molecule has 0 bridgehead atoms. The molecule has 2 heterocycles. The molecule has 0 aromatic heterocycles. The molecule has 0 aliphatic carbocycles. The van der Waals surface area contributed by atoms with Crippen LogP contribution in [0.25, 0.3) is 0 Å². The van der Waals surface area contributed by atoms with E-state index in [1.165, 1.54) is 11.1 Å². The summed E-state index contributed by atoms with van der Waals surface area (Å²) in [6, 6.07) is 8.45. The molecule has 1 aromatic carbocycles. The SMILES string of the molecule is C[N+]1=CC=C(C(=O)NCC(O)CN2CCc3ccccc3C2)C1. The minimum Gasteiger partial charge on any atom is -0.390 e. The van der Waals surface area contributed by atoms with Crippen LogP contribution in [-0.4, -0.2) is 66.0 Å². The highest BCUT2D eigenvalue weighted by Gasteiger charge is 2.21. The topological polar surface area (TPSA) is 55.6 Å². The maximum Gasteiger partial charge on any atom is 0.253 e. The Balaban J connectivity index is 1.43. The van der Waals surface area contributed by atoms with E-state index in [9.17, 15) is 9.90 Å². The van der Waals surface area contributed by atoms with Gasteiger partial charge in [0.2, 0.25) is 0 Å². The van der Waals surface area contributed by atoms with Gasteiger partial charge in [-0.05, 0) is 17.5 Å². The number of nitrogens with one attached hydrogen (secondary N) is 1. The first-order valence-electron chi connectivity index (χ1n) is 8.11. The van der Waals surface area contributed by atoms with E-state index in [1.54, 1.807) is 0 Å². The van der Waals surface area contributed by atoms with Gasteiger partial charge in [-0.2, -0.15) is 0 Å². The zero-order valence-electron chi connectivity index (χ0n) is 13.5. The lowest BCUT2D eigenvalue weighted by Gasteiger charge is -2.30. The van der Waals surface area contributed by atoms with Crippen LogP contribution in [0.4, 0.5) is 0 Å². The molecule has 2 aliphatic rings. The van der Waals surface area contributed by atoms with Crippen molar-refractivity contribution in [1.82, 2.24) is 10.2 Å². The molecule has 5 nitrogen and oxygen atoms in total. The number of carbonyl (C=O) groups excluding carboxylic acids is 1. The van der Waals surface area contributed by atoms with Crippen LogP contribution in [0.2, 0.25) is 0 Å². The largest absolute Gasteiger partial charge is 0.390 e. The fourth-order valence-electron chi connectivity index (χ4n) is 3.14. The van der Waals surface area contributed by atoms with Gasteiger partial charge in [0.15, 0.2) is 12.8 Å². The van der Waals surface area contributed by atoms with Gasteiger partial charge in [-0.15, -0.1) is 0 Å². The average Bonchev–Trinajstić information content (AvgIpc) is 2.99. The van der Waals surface area contributed by atoms with Crippen LogP contribution in [-0.2, 0) is 17.8 Å². The van der Waals surface area contributed by atoms with Crippen molar-refractivity contribution < 1.29 is 14.5 Å². The highest BCUT2D eigenvalue weighted by atomic mass is 16.3. The highest BCUT2D eigenvalue weighted by Crippen LogP contribution is 2.18. The number of hydrogen-bond donors (Lipinski definition) is 2. The molecule has 1 atom stereocenters. The molecule has 0 fully saturated rings. The Kier molecular flexibility index (Phi) is 4.88. The Labute approximate surface area is 136 Å². The van der Waals surface area contributed by atoms with Crippen LogP contribution in [0.15, 0.2) is 35.9 Å². The lowest BCUT2D eigenvalue weighted by molar-refractivity contribution is -0.478. The summed E-state index contributed by atoms with van der Waals surface area (Å²) in [5.74, 6) is -0.0892. The molecule has 2 N–H and O–H groups in total. The fraction of sp³-hybridized carbons (Fsp3) is 0.444. The first-order valence-corrected chi connectivity index (χ1v) is 8.11. The van der Waals surface area contributed by atoms with Gasteiger partial charge in [0.25, 0.3) is 5.91 Å². The van der Waals surface area contributed by atoms with Gasteiger partial charge in [-0.3, -0.25) is 9.69 Å². The smallest absolute Gasteiger partial charge is 0.253 e. The number of nitrogens with zero attached hydrogens (tertiary/aromatic N) is 2. The maximum atomic E-state index is 12.0. The van der Waals surface area contributed by atoms with Crippen molar-refractivity contribution in [2.75, 3.05) is 33.2 Å². The summed E-state index contributed by atoms with van der Waals surface area (Å²) in [4.78, 5) is 14.2. The molecule has 1 unspecified atom stereocenters. The Morgan fingerprint density at radius 3 is 2.91 bits per heavy atom. The summed E-state index contributed by atoms with van der Waals surface area (Å²) in [7, 11) is 1.93. The second-order valence-corrected chi connectivity index (χ2v) is 6.37. The zero-order chi connectivity index (χ0) is 16.2. The first kappa shape index (κ1) is 15.9. The van der Waals surface area contributed by atoms with Crippen molar-refractivity contribution in [2.24, 2.45) is 0 Å². The second kappa shape index (κ2) is 7.06. The zero-order valence-corrected chi connectivity index (χ0v) is 13.5. The van der Waals surface area contributed by atoms with Crippen molar-refractivity contribution in [3.05, 3.63) is 47.0 Å². The van der Waals surface area contributed by atoms with E-state index >= 15 is 0 Å². The summed E-state index contributed by atoms with van der Waals surface area (Å²) < 4.78 is 1.95. The van der Waals surface area contributed by atoms with Crippen molar-refractivity contribution in [1.29, 1.82) is 0 Å². The van der Waals surface area contributed by atoms with Gasteiger partial charge < -0.3 is 10.4 Å². The number of fused-ring (bicyclic) bond motifs is 1. The molecule has 5 heteroatoms. The molecule has 1 amide bonds. The van der Waals surface area contributed by atoms with Crippen molar-refractivity contribution in [2.45, 2.75) is 19.1 Å². The summed E-state index contributed by atoms with van der Waals surface area (Å²) in [6.07, 6.45) is 4.18. The summed E-state index contributed by atoms with van der Waals surface area (Å²) >= 11 is 0. The molecule has 0 spiro atoms. The number of aliphatic hydroxyl groups excluding tert-OH is 1. The summed E-state index contributed by atoms with van der Waals surface area (Å²) in [6.45, 7) is 3.32. The Bertz CT molecular complexity index is 651. The third kappa shape index (κ3) is 4.06. The van der Waals surface area contributed by atoms with E-state index in [0.717, 1.165) is 25.1 Å². The minimum absolute atomic E-state index is 0.0892. The molecule has 1 aromatic rings. The van der Waals surface area contributed by atoms with Gasteiger partial charge >= 0.3 is 0 Å². The number of likely N-dealkylation sites (N-methyl/N-ethyl adjacent to an activating group) is 1. The number of benzene rings is 1. The van der Waals surface area contributed by atoms with E-state index in [-0.39, 0.29) is 12.5 Å². The van der Waals surface area contributed by atoms with E-state index in [4.69, 9.17) is 0 Å². The van der Waals surface area contributed by atoms with Crippen molar-refractivity contribution >= 4 is 12.1 Å². The molecule has 2 aliphatic heterocycles.